The second-order valence-electron chi connectivity index (χ2n) is 13.8. The summed E-state index contributed by atoms with van der Waals surface area (Å²) in [5.74, 6) is -1.91. The van der Waals surface area contributed by atoms with Gasteiger partial charge in [-0.05, 0) is 68.7 Å². The van der Waals surface area contributed by atoms with Gasteiger partial charge in [0.15, 0.2) is 5.82 Å². The largest absolute Gasteiger partial charge is 0.475 e. The van der Waals surface area contributed by atoms with Gasteiger partial charge in [-0.1, -0.05) is 0 Å². The Morgan fingerprint density at radius 3 is 2.07 bits per heavy atom. The fourth-order valence-corrected chi connectivity index (χ4v) is 5.99. The Morgan fingerprint density at radius 1 is 1.00 bits per heavy atom. The Bertz CT molecular complexity index is 1420. The van der Waals surface area contributed by atoms with Crippen molar-refractivity contribution < 1.29 is 56.6 Å². The van der Waals surface area contributed by atoms with Gasteiger partial charge in [0.1, 0.15) is 35.2 Å². The van der Waals surface area contributed by atoms with E-state index in [-0.39, 0.29) is 24.4 Å². The first-order valence-corrected chi connectivity index (χ1v) is 15.7. The third kappa shape index (κ3) is 7.67. The first kappa shape index (κ1) is 34.8. The van der Waals surface area contributed by atoms with Gasteiger partial charge in [-0.2, -0.15) is 4.98 Å². The molecule has 18 heteroatoms. The van der Waals surface area contributed by atoms with Gasteiger partial charge in [0, 0.05) is 13.0 Å². The average Bonchev–Trinajstić information content (AvgIpc) is 2.85. The topological polar surface area (TPSA) is 205 Å². The van der Waals surface area contributed by atoms with Gasteiger partial charge >= 0.3 is 26.1 Å². The van der Waals surface area contributed by atoms with Crippen molar-refractivity contribution in [3.63, 3.8) is 0 Å². The zero-order valence-electron chi connectivity index (χ0n) is 26.9. The van der Waals surface area contributed by atoms with Gasteiger partial charge in [0.2, 0.25) is 5.95 Å². The van der Waals surface area contributed by atoms with Crippen LogP contribution in [-0.2, 0) is 43.5 Å². The van der Waals surface area contributed by atoms with E-state index in [0.29, 0.717) is 4.90 Å². The molecule has 0 aliphatic carbocycles. The number of hydrogen-bond donors (Lipinski definition) is 2. The Morgan fingerprint density at radius 2 is 1.56 bits per heavy atom. The summed E-state index contributed by atoms with van der Waals surface area (Å²) in [6.45, 7) is 14.0. The van der Waals surface area contributed by atoms with Crippen LogP contribution in [0.2, 0.25) is 0 Å². The van der Waals surface area contributed by atoms with Crippen molar-refractivity contribution in [1.82, 2.24) is 9.97 Å². The average molecular weight is 661 g/mol. The minimum atomic E-state index is -3.99. The highest BCUT2D eigenvalue weighted by molar-refractivity contribution is 7.48. The number of nitrogens with one attached hydrogen (secondary N) is 1. The normalized spacial score (nSPS) is 28.2. The number of carbonyl (C=O) groups excluding carboxylic acids is 3. The van der Waals surface area contributed by atoms with E-state index in [1.165, 1.54) is 0 Å². The highest BCUT2D eigenvalue weighted by atomic mass is 31.2. The van der Waals surface area contributed by atoms with E-state index in [1.54, 1.807) is 62.3 Å². The minimum absolute atomic E-state index is 0.0951. The number of rotatable bonds is 2. The second-order valence-corrected chi connectivity index (χ2v) is 15.5. The predicted molar refractivity (Wildman–Crippen MR) is 156 cm³/mol. The number of H-pyrrole nitrogens is 1. The lowest BCUT2D eigenvalue weighted by molar-refractivity contribution is -0.219. The Balaban J connectivity index is 1.85. The number of ether oxygens (including phenoxy) is 4. The molecule has 3 amide bonds. The summed E-state index contributed by atoms with van der Waals surface area (Å²) in [5.41, 5.74) is -4.07. The number of nitrogens with zero attached hydrogens (tertiary/aromatic N) is 3. The number of aliphatic hydroxyl groups is 1. The SMILES string of the molecule is COP1(=O)OCC2OC3C(Cc4c(nc(N(C(=O)OC(C)(C)C)C(=O)OC(C)(C)C)[nH]c4=O)N3C(=O)OC(C)(C)C)C(O)C2O1. The van der Waals surface area contributed by atoms with Crippen molar-refractivity contribution in [3.8, 4) is 0 Å². The van der Waals surface area contributed by atoms with Crippen LogP contribution < -0.4 is 15.4 Å². The number of aliphatic hydroxyl groups excluding tert-OH is 1. The maximum Gasteiger partial charge on any atom is 0.475 e. The molecule has 4 heterocycles. The number of aromatic nitrogens is 2. The van der Waals surface area contributed by atoms with Gasteiger partial charge in [-0.15, -0.1) is 4.90 Å². The highest BCUT2D eigenvalue weighted by Crippen LogP contribution is 2.56. The third-order valence-corrected chi connectivity index (χ3v) is 7.97. The molecule has 4 rings (SSSR count). The molecule has 0 radical (unpaired) electrons. The molecule has 45 heavy (non-hydrogen) atoms. The molecule has 6 atom stereocenters. The number of fused-ring (bicyclic) bond motifs is 3. The predicted octanol–water partition coefficient (Wildman–Crippen LogP) is 3.62. The number of phosphoric acid groups is 1. The molecule has 3 aliphatic rings. The number of aromatic amines is 1. The summed E-state index contributed by atoms with van der Waals surface area (Å²) in [4.78, 5) is 62.1. The van der Waals surface area contributed by atoms with Crippen LogP contribution in [0.15, 0.2) is 4.79 Å². The van der Waals surface area contributed by atoms with E-state index in [0.717, 1.165) is 12.0 Å². The van der Waals surface area contributed by atoms with Crippen LogP contribution in [0, 0.1) is 5.92 Å². The van der Waals surface area contributed by atoms with Crippen LogP contribution in [0.3, 0.4) is 0 Å². The maximum absolute atomic E-state index is 13.7. The van der Waals surface area contributed by atoms with Crippen molar-refractivity contribution in [2.45, 2.75) is 110 Å². The fraction of sp³-hybridized carbons (Fsp3) is 0.741. The molecule has 2 fully saturated rings. The molecular weight excluding hydrogens is 619 g/mol. The summed E-state index contributed by atoms with van der Waals surface area (Å²) < 4.78 is 50.8. The molecule has 0 aromatic carbocycles. The van der Waals surface area contributed by atoms with E-state index in [9.17, 15) is 28.8 Å². The van der Waals surface area contributed by atoms with Crippen LogP contribution in [0.25, 0.3) is 0 Å². The first-order chi connectivity index (χ1) is 20.5. The minimum Gasteiger partial charge on any atom is -0.443 e. The van der Waals surface area contributed by atoms with Crippen molar-refractivity contribution in [1.29, 1.82) is 0 Å². The van der Waals surface area contributed by atoms with Crippen LogP contribution in [0.1, 0.15) is 67.9 Å². The van der Waals surface area contributed by atoms with Crippen LogP contribution in [-0.4, -0.2) is 88.4 Å². The van der Waals surface area contributed by atoms with Crippen molar-refractivity contribution >= 4 is 37.9 Å². The lowest BCUT2D eigenvalue weighted by atomic mass is 9.82. The van der Waals surface area contributed by atoms with Gasteiger partial charge in [0.25, 0.3) is 5.56 Å². The van der Waals surface area contributed by atoms with Gasteiger partial charge in [-0.25, -0.2) is 23.8 Å². The van der Waals surface area contributed by atoms with E-state index in [2.05, 4.69) is 9.97 Å². The Hall–Kier alpha value is -3.08. The van der Waals surface area contributed by atoms with Gasteiger partial charge in [0.05, 0.1) is 18.3 Å². The van der Waals surface area contributed by atoms with Crippen LogP contribution in [0.4, 0.5) is 26.1 Å². The summed E-state index contributed by atoms with van der Waals surface area (Å²) in [6, 6.07) is 0. The van der Waals surface area contributed by atoms with Gasteiger partial charge in [-0.3, -0.25) is 23.3 Å². The molecule has 17 nitrogen and oxygen atoms in total. The molecule has 252 valence electrons. The van der Waals surface area contributed by atoms with Crippen LogP contribution >= 0.6 is 7.82 Å². The van der Waals surface area contributed by atoms with Crippen molar-refractivity contribution in [2.24, 2.45) is 5.92 Å². The van der Waals surface area contributed by atoms with E-state index in [1.807, 2.05) is 0 Å². The summed E-state index contributed by atoms with van der Waals surface area (Å²) in [6.07, 6.45) is -8.54. The molecular formula is C27H41N4O13P. The molecule has 2 saturated heterocycles. The molecule has 0 bridgehead atoms. The zero-order chi connectivity index (χ0) is 33.9. The van der Waals surface area contributed by atoms with E-state index >= 15 is 0 Å². The number of carbonyl (C=O) groups is 3. The lowest BCUT2D eigenvalue weighted by Gasteiger charge is -2.51. The number of imide groups is 1. The molecule has 3 aliphatic heterocycles. The highest BCUT2D eigenvalue weighted by Gasteiger charge is 2.57. The van der Waals surface area contributed by atoms with E-state index < -0.39 is 84.9 Å². The van der Waals surface area contributed by atoms with Gasteiger partial charge < -0.3 is 24.1 Å². The fourth-order valence-electron chi connectivity index (χ4n) is 4.85. The number of hydrogen-bond acceptors (Lipinski definition) is 14. The van der Waals surface area contributed by atoms with Crippen molar-refractivity contribution in [2.75, 3.05) is 23.5 Å². The summed E-state index contributed by atoms with van der Waals surface area (Å²) >= 11 is 0. The zero-order valence-corrected chi connectivity index (χ0v) is 27.8. The first-order valence-electron chi connectivity index (χ1n) is 14.3. The van der Waals surface area contributed by atoms with Crippen molar-refractivity contribution in [3.05, 3.63) is 15.9 Å². The Kier molecular flexibility index (Phi) is 9.23. The molecule has 0 spiro atoms. The summed E-state index contributed by atoms with van der Waals surface area (Å²) in [5, 5.41) is 11.4. The number of anilines is 2. The third-order valence-electron chi connectivity index (χ3n) is 6.55. The van der Waals surface area contributed by atoms with Crippen LogP contribution in [0.5, 0.6) is 0 Å². The monoisotopic (exact) mass is 660 g/mol. The number of amides is 3. The van der Waals surface area contributed by atoms with E-state index in [4.69, 9.17) is 32.5 Å². The second kappa shape index (κ2) is 11.9. The molecule has 1 aromatic rings. The summed E-state index contributed by atoms with van der Waals surface area (Å²) in [7, 11) is -2.86. The lowest BCUT2D eigenvalue weighted by Crippen LogP contribution is -2.66. The molecule has 2 N–H and O–H groups in total. The molecule has 0 saturated carbocycles. The standard InChI is InChI=1S/C27H41N4O13P/c1-25(2,3)41-22(34)30-18-14(11-13-16(32)17-15(40-20(13)30)12-39-45(37,38-10)44-17)19(33)29-21(28-18)31(23(35)42-26(4,5)6)24(36)43-27(7,8)9/h13,15-17,20,32H,11-12H2,1-10H3,(H,28,29,33). The molecule has 6 unspecified atom stereocenters. The molecule has 1 aromatic heterocycles. The smallest absolute Gasteiger partial charge is 0.443 e. The maximum atomic E-state index is 13.7. The number of phosphoric ester groups is 1. The Labute approximate surface area is 260 Å². The quantitative estimate of drug-likeness (QED) is 0.343.